The van der Waals surface area contributed by atoms with Crippen molar-refractivity contribution in [2.24, 2.45) is 5.92 Å². The summed E-state index contributed by atoms with van der Waals surface area (Å²) in [6, 6.07) is 16.5. The van der Waals surface area contributed by atoms with Crippen molar-refractivity contribution in [1.82, 2.24) is 10.2 Å². The van der Waals surface area contributed by atoms with E-state index in [2.05, 4.69) is 5.32 Å². The van der Waals surface area contributed by atoms with E-state index < -0.39 is 34.3 Å². The van der Waals surface area contributed by atoms with Crippen LogP contribution in [0.3, 0.4) is 0 Å². The summed E-state index contributed by atoms with van der Waals surface area (Å²) in [6.45, 7) is 11.0. The fourth-order valence-electron chi connectivity index (χ4n) is 4.18. The molecule has 1 N–H and O–H groups in total. The number of nitrogens with zero attached hydrogens (tertiary/aromatic N) is 2. The largest absolute Gasteiger partial charge is 0.354 e. The predicted molar refractivity (Wildman–Crippen MR) is 156 cm³/mol. The van der Waals surface area contributed by atoms with Crippen molar-refractivity contribution in [2.45, 2.75) is 59.0 Å². The van der Waals surface area contributed by atoms with Gasteiger partial charge in [0, 0.05) is 13.1 Å². The normalized spacial score (nSPS) is 12.2. The lowest BCUT2D eigenvalue weighted by Crippen LogP contribution is -2.51. The molecule has 0 aliphatic carbocycles. The van der Waals surface area contributed by atoms with Crippen LogP contribution in [0.25, 0.3) is 0 Å². The maximum atomic E-state index is 14.0. The molecule has 0 aliphatic rings. The average Bonchev–Trinajstić information content (AvgIpc) is 2.91. The number of amides is 2. The Balaban J connectivity index is 2.05. The Labute approximate surface area is 237 Å². The summed E-state index contributed by atoms with van der Waals surface area (Å²) in [4.78, 5) is 28.4. The molecule has 2 amide bonds. The molecule has 3 rings (SSSR count). The van der Waals surface area contributed by atoms with E-state index in [0.717, 1.165) is 21.0 Å². The number of benzene rings is 3. The van der Waals surface area contributed by atoms with E-state index in [1.54, 1.807) is 43.3 Å². The quantitative estimate of drug-likeness (QED) is 0.348. The number of carbonyl (C=O) groups is 2. The number of aryl methyl sites for hydroxylation is 2. The second-order valence-electron chi connectivity index (χ2n) is 10.5. The molecule has 7 nitrogen and oxygen atoms in total. The highest BCUT2D eigenvalue weighted by molar-refractivity contribution is 7.92. The van der Waals surface area contributed by atoms with Gasteiger partial charge in [0.1, 0.15) is 18.4 Å². The van der Waals surface area contributed by atoms with E-state index in [0.29, 0.717) is 17.8 Å². The summed E-state index contributed by atoms with van der Waals surface area (Å²) in [6.07, 6.45) is 0. The van der Waals surface area contributed by atoms with Gasteiger partial charge in [-0.2, -0.15) is 0 Å². The van der Waals surface area contributed by atoms with E-state index in [9.17, 15) is 22.4 Å². The minimum atomic E-state index is -4.15. The van der Waals surface area contributed by atoms with Crippen LogP contribution in [0.15, 0.2) is 71.6 Å². The third-order valence-electron chi connectivity index (χ3n) is 6.85. The van der Waals surface area contributed by atoms with Gasteiger partial charge in [-0.05, 0) is 80.6 Å². The number of nitrogens with one attached hydrogen (secondary N) is 1. The SMILES string of the molecule is Cc1ccc(S(=O)(=O)N(CC(=O)N(Cc2ccc(F)cc2)[C@H](C)C(=O)NCC(C)C)c2cccc(C)c2C)cc1. The summed E-state index contributed by atoms with van der Waals surface area (Å²) >= 11 is 0. The van der Waals surface area contributed by atoms with Crippen LogP contribution in [0, 0.1) is 32.5 Å². The zero-order valence-electron chi connectivity index (χ0n) is 23.9. The van der Waals surface area contributed by atoms with Crippen LogP contribution in [0.5, 0.6) is 0 Å². The van der Waals surface area contributed by atoms with Crippen molar-refractivity contribution in [3.8, 4) is 0 Å². The first-order valence-electron chi connectivity index (χ1n) is 13.3. The van der Waals surface area contributed by atoms with Crippen LogP contribution in [-0.4, -0.2) is 44.3 Å². The molecule has 0 heterocycles. The van der Waals surface area contributed by atoms with Crippen molar-refractivity contribution < 1.29 is 22.4 Å². The van der Waals surface area contributed by atoms with Gasteiger partial charge >= 0.3 is 0 Å². The Morgan fingerprint density at radius 3 is 2.12 bits per heavy atom. The molecule has 0 aliphatic heterocycles. The number of sulfonamides is 1. The Morgan fingerprint density at radius 1 is 0.900 bits per heavy atom. The van der Waals surface area contributed by atoms with Gasteiger partial charge in [-0.3, -0.25) is 13.9 Å². The Hall–Kier alpha value is -3.72. The Morgan fingerprint density at radius 2 is 1.52 bits per heavy atom. The molecule has 0 saturated carbocycles. The topological polar surface area (TPSA) is 86.8 Å². The Kier molecular flexibility index (Phi) is 10.1. The maximum Gasteiger partial charge on any atom is 0.264 e. The highest BCUT2D eigenvalue weighted by atomic mass is 32.2. The summed E-state index contributed by atoms with van der Waals surface area (Å²) in [5.41, 5.74) is 3.49. The fourth-order valence-corrected chi connectivity index (χ4v) is 5.65. The van der Waals surface area contributed by atoms with Gasteiger partial charge in [0.2, 0.25) is 11.8 Å². The van der Waals surface area contributed by atoms with Gasteiger partial charge in [-0.15, -0.1) is 0 Å². The van der Waals surface area contributed by atoms with Crippen molar-refractivity contribution in [2.75, 3.05) is 17.4 Å². The molecule has 0 radical (unpaired) electrons. The van der Waals surface area contributed by atoms with Crippen molar-refractivity contribution in [1.29, 1.82) is 0 Å². The standard InChI is InChI=1S/C31H38FN3O4S/c1-21(2)18-33-31(37)25(6)34(19-26-12-14-27(32)15-13-26)30(36)20-35(29-9-7-8-23(4)24(29)5)40(38,39)28-16-10-22(3)11-17-28/h7-17,21,25H,18-20H2,1-6H3,(H,33,37)/t25-/m1/s1. The molecule has 0 fully saturated rings. The van der Waals surface area contributed by atoms with Gasteiger partial charge in [-0.25, -0.2) is 12.8 Å². The molecular weight excluding hydrogens is 529 g/mol. The van der Waals surface area contributed by atoms with Gasteiger partial charge in [0.25, 0.3) is 10.0 Å². The Bertz CT molecular complexity index is 1440. The van der Waals surface area contributed by atoms with Gasteiger partial charge in [0.05, 0.1) is 10.6 Å². The number of anilines is 1. The first-order chi connectivity index (χ1) is 18.8. The zero-order chi connectivity index (χ0) is 29.6. The molecule has 0 unspecified atom stereocenters. The molecule has 0 spiro atoms. The minimum absolute atomic E-state index is 0.000593. The van der Waals surface area contributed by atoms with Crippen LogP contribution in [-0.2, 0) is 26.2 Å². The van der Waals surface area contributed by atoms with E-state index in [1.165, 1.54) is 29.2 Å². The lowest BCUT2D eigenvalue weighted by molar-refractivity contribution is -0.139. The highest BCUT2D eigenvalue weighted by Gasteiger charge is 2.33. The van der Waals surface area contributed by atoms with E-state index in [4.69, 9.17) is 0 Å². The van der Waals surface area contributed by atoms with Gasteiger partial charge < -0.3 is 10.2 Å². The minimum Gasteiger partial charge on any atom is -0.354 e. The van der Waals surface area contributed by atoms with Crippen molar-refractivity contribution >= 4 is 27.5 Å². The second kappa shape index (κ2) is 13.1. The molecule has 3 aromatic carbocycles. The molecule has 0 bridgehead atoms. The van der Waals surface area contributed by atoms with Gasteiger partial charge in [-0.1, -0.05) is 55.8 Å². The van der Waals surface area contributed by atoms with Gasteiger partial charge in [0.15, 0.2) is 0 Å². The third-order valence-corrected chi connectivity index (χ3v) is 8.62. The molecule has 1 atom stereocenters. The van der Waals surface area contributed by atoms with Crippen molar-refractivity contribution in [3.05, 3.63) is 94.8 Å². The molecular formula is C31H38FN3O4S. The second-order valence-corrected chi connectivity index (χ2v) is 12.4. The van der Waals surface area contributed by atoms with Crippen LogP contribution >= 0.6 is 0 Å². The van der Waals surface area contributed by atoms with E-state index in [-0.39, 0.29) is 23.3 Å². The summed E-state index contributed by atoms with van der Waals surface area (Å²) in [5, 5.41) is 2.85. The van der Waals surface area contributed by atoms with E-state index >= 15 is 0 Å². The molecule has 214 valence electrons. The monoisotopic (exact) mass is 567 g/mol. The van der Waals surface area contributed by atoms with Crippen LogP contribution in [0.4, 0.5) is 10.1 Å². The number of carbonyl (C=O) groups excluding carboxylic acids is 2. The fraction of sp³-hybridized carbons (Fsp3) is 0.355. The molecule has 0 saturated heterocycles. The first-order valence-corrected chi connectivity index (χ1v) is 14.7. The zero-order valence-corrected chi connectivity index (χ0v) is 24.8. The number of hydrogen-bond donors (Lipinski definition) is 1. The van der Waals surface area contributed by atoms with Crippen LogP contribution in [0.1, 0.15) is 43.0 Å². The summed E-state index contributed by atoms with van der Waals surface area (Å²) in [5.74, 6) is -1.14. The molecule has 40 heavy (non-hydrogen) atoms. The number of halogens is 1. The third kappa shape index (κ3) is 7.47. The summed E-state index contributed by atoms with van der Waals surface area (Å²) in [7, 11) is -4.15. The molecule has 0 aromatic heterocycles. The predicted octanol–water partition coefficient (Wildman–Crippen LogP) is 5.14. The van der Waals surface area contributed by atoms with Crippen LogP contribution in [0.2, 0.25) is 0 Å². The van der Waals surface area contributed by atoms with Crippen LogP contribution < -0.4 is 9.62 Å². The smallest absolute Gasteiger partial charge is 0.264 e. The average molecular weight is 568 g/mol. The molecule has 9 heteroatoms. The number of rotatable bonds is 11. The maximum absolute atomic E-state index is 14.0. The summed E-state index contributed by atoms with van der Waals surface area (Å²) < 4.78 is 42.6. The number of hydrogen-bond acceptors (Lipinski definition) is 4. The molecule has 3 aromatic rings. The lowest BCUT2D eigenvalue weighted by Gasteiger charge is -2.32. The lowest BCUT2D eigenvalue weighted by atomic mass is 10.1. The first kappa shape index (κ1) is 30.8. The highest BCUT2D eigenvalue weighted by Crippen LogP contribution is 2.29. The van der Waals surface area contributed by atoms with E-state index in [1.807, 2.05) is 40.7 Å². The van der Waals surface area contributed by atoms with Crippen molar-refractivity contribution in [3.63, 3.8) is 0 Å².